The fraction of sp³-hybridized carbons (Fsp3) is 0.409. The molecule has 0 aliphatic carbocycles. The zero-order chi connectivity index (χ0) is 22.4. The number of nitrogens with zero attached hydrogens (tertiary/aromatic N) is 1. The number of benzene rings is 2. The highest BCUT2D eigenvalue weighted by Gasteiger charge is 2.24. The highest BCUT2D eigenvalue weighted by Crippen LogP contribution is 2.45. The molecular formula is C22H28N2O4S3. The standard InChI is InChI=1S/C22H28N2O4S3/c1-4-24(5-2)31(26,27)20-14-18(9-6-16(20)3)23-21(25)15-28-19-10-7-17(8-11-19)22-29-12-13-30-22/h6-11,14,22H,4-5,12-13,15H2,1-3H3,(H,23,25). The number of carbonyl (C=O) groups excluding carboxylic acids is 1. The Morgan fingerprint density at radius 1 is 1.10 bits per heavy atom. The normalized spacial score (nSPS) is 14.7. The number of carbonyl (C=O) groups is 1. The van der Waals surface area contributed by atoms with Gasteiger partial charge in [0.05, 0.1) is 9.48 Å². The summed E-state index contributed by atoms with van der Waals surface area (Å²) < 4.78 is 33.2. The molecule has 1 fully saturated rings. The van der Waals surface area contributed by atoms with E-state index in [9.17, 15) is 13.2 Å². The zero-order valence-corrected chi connectivity index (χ0v) is 20.4. The van der Waals surface area contributed by atoms with Crippen LogP contribution >= 0.6 is 23.5 Å². The molecule has 31 heavy (non-hydrogen) atoms. The fourth-order valence-corrected chi connectivity index (χ4v) is 7.84. The molecule has 3 rings (SSSR count). The highest BCUT2D eigenvalue weighted by molar-refractivity contribution is 8.19. The smallest absolute Gasteiger partial charge is 0.262 e. The van der Waals surface area contributed by atoms with Crippen molar-refractivity contribution in [2.24, 2.45) is 0 Å². The van der Waals surface area contributed by atoms with Gasteiger partial charge >= 0.3 is 0 Å². The average molecular weight is 481 g/mol. The van der Waals surface area contributed by atoms with Crippen molar-refractivity contribution in [3.8, 4) is 5.75 Å². The van der Waals surface area contributed by atoms with Crippen LogP contribution in [-0.4, -0.2) is 49.8 Å². The first-order valence-corrected chi connectivity index (χ1v) is 13.8. The van der Waals surface area contributed by atoms with Crippen LogP contribution in [0.1, 0.15) is 29.6 Å². The Kier molecular flexibility index (Phi) is 8.32. The summed E-state index contributed by atoms with van der Waals surface area (Å²) in [4.78, 5) is 12.6. The van der Waals surface area contributed by atoms with Crippen molar-refractivity contribution >= 4 is 45.1 Å². The Labute approximate surface area is 193 Å². The van der Waals surface area contributed by atoms with Crippen LogP contribution in [0.25, 0.3) is 0 Å². The quantitative estimate of drug-likeness (QED) is 0.569. The summed E-state index contributed by atoms with van der Waals surface area (Å²) in [7, 11) is -3.61. The summed E-state index contributed by atoms with van der Waals surface area (Å²) >= 11 is 3.88. The van der Waals surface area contributed by atoms with Crippen molar-refractivity contribution in [2.45, 2.75) is 30.2 Å². The maximum Gasteiger partial charge on any atom is 0.262 e. The highest BCUT2D eigenvalue weighted by atomic mass is 32.2. The minimum Gasteiger partial charge on any atom is -0.484 e. The molecule has 6 nitrogen and oxygen atoms in total. The molecule has 0 unspecified atom stereocenters. The third-order valence-electron chi connectivity index (χ3n) is 4.94. The van der Waals surface area contributed by atoms with Crippen LogP contribution in [-0.2, 0) is 14.8 Å². The lowest BCUT2D eigenvalue weighted by Crippen LogP contribution is -2.31. The van der Waals surface area contributed by atoms with Crippen LogP contribution in [0.3, 0.4) is 0 Å². The summed E-state index contributed by atoms with van der Waals surface area (Å²) in [6.45, 7) is 5.98. The number of hydrogen-bond donors (Lipinski definition) is 1. The Hall–Kier alpha value is -1.68. The van der Waals surface area contributed by atoms with Crippen LogP contribution < -0.4 is 10.1 Å². The first-order valence-electron chi connectivity index (χ1n) is 10.2. The first kappa shape index (κ1) is 24.0. The van der Waals surface area contributed by atoms with Crippen LogP contribution in [0.5, 0.6) is 5.75 Å². The Bertz CT molecular complexity index is 1000. The van der Waals surface area contributed by atoms with Crippen molar-refractivity contribution < 1.29 is 17.9 Å². The van der Waals surface area contributed by atoms with E-state index in [0.717, 1.165) is 0 Å². The monoisotopic (exact) mass is 480 g/mol. The lowest BCUT2D eigenvalue weighted by atomic mass is 10.2. The summed E-state index contributed by atoms with van der Waals surface area (Å²) in [5, 5.41) is 2.73. The van der Waals surface area contributed by atoms with Gasteiger partial charge < -0.3 is 10.1 Å². The minimum absolute atomic E-state index is 0.154. The van der Waals surface area contributed by atoms with Gasteiger partial charge in [0.25, 0.3) is 5.91 Å². The van der Waals surface area contributed by atoms with Crippen molar-refractivity contribution in [1.29, 1.82) is 0 Å². The molecule has 0 radical (unpaired) electrons. The number of anilines is 1. The Balaban J connectivity index is 1.61. The van der Waals surface area contributed by atoms with Gasteiger partial charge in [-0.1, -0.05) is 32.0 Å². The van der Waals surface area contributed by atoms with Gasteiger partial charge in [0.2, 0.25) is 10.0 Å². The molecule has 0 aromatic heterocycles. The molecule has 1 aliphatic heterocycles. The second kappa shape index (κ2) is 10.8. The molecular weight excluding hydrogens is 452 g/mol. The maximum absolute atomic E-state index is 12.9. The molecule has 1 aliphatic rings. The third-order valence-corrected chi connectivity index (χ3v) is 10.2. The molecule has 0 saturated carbocycles. The second-order valence-corrected chi connectivity index (χ2v) is 11.7. The van der Waals surface area contributed by atoms with E-state index in [1.807, 2.05) is 47.8 Å². The number of nitrogens with one attached hydrogen (secondary N) is 1. The van der Waals surface area contributed by atoms with Gasteiger partial charge in [0.1, 0.15) is 5.75 Å². The molecule has 1 saturated heterocycles. The molecule has 9 heteroatoms. The summed E-state index contributed by atoms with van der Waals surface area (Å²) in [6.07, 6.45) is 0. The molecule has 1 N–H and O–H groups in total. The number of rotatable bonds is 9. The minimum atomic E-state index is -3.61. The van der Waals surface area contributed by atoms with Crippen LogP contribution in [0.2, 0.25) is 0 Å². The van der Waals surface area contributed by atoms with E-state index in [2.05, 4.69) is 5.32 Å². The van der Waals surface area contributed by atoms with E-state index in [4.69, 9.17) is 4.74 Å². The summed E-state index contributed by atoms with van der Waals surface area (Å²) in [5.41, 5.74) is 2.32. The van der Waals surface area contributed by atoms with Gasteiger partial charge in [-0.15, -0.1) is 23.5 Å². The SMILES string of the molecule is CCN(CC)S(=O)(=O)c1cc(NC(=O)COc2ccc(C3SCCS3)cc2)ccc1C. The van der Waals surface area contributed by atoms with Crippen molar-refractivity contribution in [3.63, 3.8) is 0 Å². The van der Waals surface area contributed by atoms with Crippen molar-refractivity contribution in [1.82, 2.24) is 4.31 Å². The van der Waals surface area contributed by atoms with E-state index in [1.165, 1.54) is 27.4 Å². The zero-order valence-electron chi connectivity index (χ0n) is 18.0. The third kappa shape index (κ3) is 5.97. The van der Waals surface area contributed by atoms with Crippen molar-refractivity contribution in [2.75, 3.05) is 36.5 Å². The Morgan fingerprint density at radius 3 is 2.35 bits per heavy atom. The topological polar surface area (TPSA) is 75.7 Å². The van der Waals surface area contributed by atoms with E-state index in [0.29, 0.717) is 34.7 Å². The van der Waals surface area contributed by atoms with Gasteiger partial charge in [-0.3, -0.25) is 4.79 Å². The largest absolute Gasteiger partial charge is 0.484 e. The van der Waals surface area contributed by atoms with Crippen LogP contribution in [0, 0.1) is 6.92 Å². The van der Waals surface area contributed by atoms with Gasteiger partial charge in [0, 0.05) is 30.3 Å². The number of ether oxygens (including phenoxy) is 1. The second-order valence-electron chi connectivity index (χ2n) is 7.05. The molecule has 2 aromatic carbocycles. The molecule has 2 aromatic rings. The van der Waals surface area contributed by atoms with E-state index in [-0.39, 0.29) is 17.4 Å². The molecule has 0 atom stereocenters. The van der Waals surface area contributed by atoms with Crippen LogP contribution in [0.15, 0.2) is 47.4 Å². The van der Waals surface area contributed by atoms with Gasteiger partial charge in [0.15, 0.2) is 6.61 Å². The molecule has 1 amide bonds. The van der Waals surface area contributed by atoms with Crippen LogP contribution in [0.4, 0.5) is 5.69 Å². The lowest BCUT2D eigenvalue weighted by Gasteiger charge is -2.20. The molecule has 1 heterocycles. The average Bonchev–Trinajstić information content (AvgIpc) is 3.29. The fourth-order valence-electron chi connectivity index (χ4n) is 3.28. The summed E-state index contributed by atoms with van der Waals surface area (Å²) in [5.74, 6) is 2.62. The summed E-state index contributed by atoms with van der Waals surface area (Å²) in [6, 6.07) is 12.7. The molecule has 168 valence electrons. The van der Waals surface area contributed by atoms with E-state index in [1.54, 1.807) is 32.9 Å². The number of sulfonamides is 1. The number of hydrogen-bond acceptors (Lipinski definition) is 6. The number of amides is 1. The molecule has 0 bridgehead atoms. The Morgan fingerprint density at radius 2 is 1.74 bits per heavy atom. The maximum atomic E-state index is 12.9. The van der Waals surface area contributed by atoms with E-state index < -0.39 is 10.0 Å². The first-order chi connectivity index (χ1) is 14.8. The van der Waals surface area contributed by atoms with Gasteiger partial charge in [-0.05, 0) is 42.3 Å². The lowest BCUT2D eigenvalue weighted by molar-refractivity contribution is -0.118. The number of thioether (sulfide) groups is 2. The van der Waals surface area contributed by atoms with Gasteiger partial charge in [-0.2, -0.15) is 4.31 Å². The predicted molar refractivity (Wildman–Crippen MR) is 130 cm³/mol. The number of aryl methyl sites for hydroxylation is 1. The van der Waals surface area contributed by atoms with Gasteiger partial charge in [-0.25, -0.2) is 8.42 Å². The predicted octanol–water partition coefficient (Wildman–Crippen LogP) is 4.52. The van der Waals surface area contributed by atoms with Crippen molar-refractivity contribution in [3.05, 3.63) is 53.6 Å². The molecule has 0 spiro atoms. The van der Waals surface area contributed by atoms with E-state index >= 15 is 0 Å².